The Morgan fingerprint density at radius 2 is 1.84 bits per heavy atom. The molecule has 3 heterocycles. The molecule has 104 valence electrons. The van der Waals surface area contributed by atoms with Crippen molar-refractivity contribution in [2.24, 2.45) is 0 Å². The van der Waals surface area contributed by atoms with E-state index in [1.807, 2.05) is 4.90 Å². The first-order valence-electron chi connectivity index (χ1n) is 6.96. The van der Waals surface area contributed by atoms with Gasteiger partial charge in [-0.3, -0.25) is 4.79 Å². The average molecular weight is 328 g/mol. The molecule has 0 radical (unpaired) electrons. The standard InChI is InChI=1S/C13H18BrN3O2/c14-10-11(15-17-8-5-9-19-13(10)17)12(18)16-6-3-1-2-4-7-16/h1-9H2. The molecule has 0 bridgehead atoms. The number of hydrogen-bond acceptors (Lipinski definition) is 3. The lowest BCUT2D eigenvalue weighted by Gasteiger charge is -2.18. The van der Waals surface area contributed by atoms with E-state index in [1.54, 1.807) is 4.68 Å². The number of ether oxygens (including phenoxy) is 1. The SMILES string of the molecule is O=C(c1nn2c(c1Br)OCCC2)N1CCCCCC1. The summed E-state index contributed by atoms with van der Waals surface area (Å²) in [6.07, 6.45) is 5.56. The van der Waals surface area contributed by atoms with E-state index < -0.39 is 0 Å². The van der Waals surface area contributed by atoms with Gasteiger partial charge in [0.15, 0.2) is 5.69 Å². The molecule has 1 aromatic rings. The molecule has 1 saturated heterocycles. The Kier molecular flexibility index (Phi) is 3.77. The van der Waals surface area contributed by atoms with Crippen LogP contribution < -0.4 is 4.74 Å². The van der Waals surface area contributed by atoms with Crippen LogP contribution in [0.5, 0.6) is 5.88 Å². The van der Waals surface area contributed by atoms with Crippen LogP contribution in [0.4, 0.5) is 0 Å². The number of amides is 1. The molecule has 0 saturated carbocycles. The molecule has 1 fully saturated rings. The van der Waals surface area contributed by atoms with Crippen LogP contribution in [0.1, 0.15) is 42.6 Å². The fourth-order valence-corrected chi connectivity index (χ4v) is 3.23. The summed E-state index contributed by atoms with van der Waals surface area (Å²) < 4.78 is 8.08. The maximum Gasteiger partial charge on any atom is 0.275 e. The van der Waals surface area contributed by atoms with Gasteiger partial charge in [-0.25, -0.2) is 4.68 Å². The number of likely N-dealkylation sites (tertiary alicyclic amines) is 1. The summed E-state index contributed by atoms with van der Waals surface area (Å²) in [5.41, 5.74) is 0.499. The molecule has 0 aromatic carbocycles. The number of fused-ring (bicyclic) bond motifs is 1. The molecule has 0 unspecified atom stereocenters. The van der Waals surface area contributed by atoms with E-state index in [2.05, 4.69) is 21.0 Å². The summed E-state index contributed by atoms with van der Waals surface area (Å²) in [6.45, 7) is 3.20. The Balaban J connectivity index is 1.84. The minimum atomic E-state index is 0.0271. The van der Waals surface area contributed by atoms with Gasteiger partial charge in [0.05, 0.1) is 6.61 Å². The number of carbonyl (C=O) groups excluding carboxylic acids is 1. The number of halogens is 1. The highest BCUT2D eigenvalue weighted by Gasteiger charge is 2.27. The molecule has 0 N–H and O–H groups in total. The quantitative estimate of drug-likeness (QED) is 0.796. The van der Waals surface area contributed by atoms with Crippen molar-refractivity contribution in [1.29, 1.82) is 0 Å². The Morgan fingerprint density at radius 3 is 2.53 bits per heavy atom. The van der Waals surface area contributed by atoms with E-state index in [1.165, 1.54) is 12.8 Å². The number of aryl methyl sites for hydroxylation is 1. The van der Waals surface area contributed by atoms with E-state index in [9.17, 15) is 4.79 Å². The topological polar surface area (TPSA) is 47.4 Å². The maximum atomic E-state index is 12.6. The van der Waals surface area contributed by atoms with Gasteiger partial charge in [-0.1, -0.05) is 12.8 Å². The Bertz CT molecular complexity index is 478. The first-order valence-corrected chi connectivity index (χ1v) is 7.75. The Hall–Kier alpha value is -1.04. The van der Waals surface area contributed by atoms with Gasteiger partial charge < -0.3 is 9.64 Å². The molecule has 2 aliphatic rings. The smallest absolute Gasteiger partial charge is 0.275 e. The number of hydrogen-bond donors (Lipinski definition) is 0. The molecular formula is C13H18BrN3O2. The van der Waals surface area contributed by atoms with E-state index in [4.69, 9.17) is 4.74 Å². The molecule has 0 atom stereocenters. The third kappa shape index (κ3) is 2.50. The highest BCUT2D eigenvalue weighted by atomic mass is 79.9. The van der Waals surface area contributed by atoms with Crippen LogP contribution >= 0.6 is 15.9 Å². The van der Waals surface area contributed by atoms with Crippen molar-refractivity contribution in [2.45, 2.75) is 38.6 Å². The first-order chi connectivity index (χ1) is 9.27. The van der Waals surface area contributed by atoms with Gasteiger partial charge in [-0.15, -0.1) is 0 Å². The van der Waals surface area contributed by atoms with Crippen LogP contribution in [0.25, 0.3) is 0 Å². The van der Waals surface area contributed by atoms with E-state index in [-0.39, 0.29) is 5.91 Å². The predicted octanol–water partition coefficient (Wildman–Crippen LogP) is 2.44. The van der Waals surface area contributed by atoms with Crippen molar-refractivity contribution in [3.05, 3.63) is 10.2 Å². The number of rotatable bonds is 1. The molecule has 6 heteroatoms. The lowest BCUT2D eigenvalue weighted by atomic mass is 10.2. The zero-order valence-corrected chi connectivity index (χ0v) is 12.5. The van der Waals surface area contributed by atoms with E-state index >= 15 is 0 Å². The predicted molar refractivity (Wildman–Crippen MR) is 74.4 cm³/mol. The maximum absolute atomic E-state index is 12.6. The second kappa shape index (κ2) is 5.53. The fraction of sp³-hybridized carbons (Fsp3) is 0.692. The zero-order valence-electron chi connectivity index (χ0n) is 10.9. The highest BCUT2D eigenvalue weighted by Crippen LogP contribution is 2.32. The second-order valence-electron chi connectivity index (χ2n) is 5.10. The normalized spacial score (nSPS) is 19.5. The summed E-state index contributed by atoms with van der Waals surface area (Å²) in [7, 11) is 0. The van der Waals surface area contributed by atoms with Crippen LogP contribution in [0, 0.1) is 0 Å². The molecule has 0 aliphatic carbocycles. The van der Waals surface area contributed by atoms with Crippen LogP contribution in [-0.4, -0.2) is 40.3 Å². The van der Waals surface area contributed by atoms with Gasteiger partial charge in [0.25, 0.3) is 5.91 Å². The van der Waals surface area contributed by atoms with Crippen molar-refractivity contribution < 1.29 is 9.53 Å². The summed E-state index contributed by atoms with van der Waals surface area (Å²) in [5.74, 6) is 0.726. The van der Waals surface area contributed by atoms with Gasteiger partial charge in [0.1, 0.15) is 4.47 Å². The molecular weight excluding hydrogens is 310 g/mol. The van der Waals surface area contributed by atoms with Gasteiger partial charge in [0.2, 0.25) is 5.88 Å². The lowest BCUT2D eigenvalue weighted by Crippen LogP contribution is -2.32. The number of nitrogens with zero attached hydrogens (tertiary/aromatic N) is 3. The largest absolute Gasteiger partial charge is 0.477 e. The van der Waals surface area contributed by atoms with E-state index in [0.29, 0.717) is 22.7 Å². The van der Waals surface area contributed by atoms with Crippen molar-refractivity contribution in [1.82, 2.24) is 14.7 Å². The van der Waals surface area contributed by atoms with Gasteiger partial charge >= 0.3 is 0 Å². The van der Waals surface area contributed by atoms with Crippen LogP contribution in [-0.2, 0) is 6.54 Å². The molecule has 2 aliphatic heterocycles. The van der Waals surface area contributed by atoms with Crippen LogP contribution in [0.15, 0.2) is 4.47 Å². The number of aromatic nitrogens is 2. The Labute approximate surface area is 121 Å². The van der Waals surface area contributed by atoms with Crippen molar-refractivity contribution in [3.8, 4) is 5.88 Å². The van der Waals surface area contributed by atoms with Crippen molar-refractivity contribution in [2.75, 3.05) is 19.7 Å². The Morgan fingerprint density at radius 1 is 1.11 bits per heavy atom. The van der Waals surface area contributed by atoms with Gasteiger partial charge in [-0.2, -0.15) is 5.10 Å². The molecule has 5 nitrogen and oxygen atoms in total. The summed E-state index contributed by atoms with van der Waals surface area (Å²) in [5, 5.41) is 4.41. The first kappa shape index (κ1) is 13.0. The second-order valence-corrected chi connectivity index (χ2v) is 5.89. The van der Waals surface area contributed by atoms with Crippen molar-refractivity contribution >= 4 is 21.8 Å². The highest BCUT2D eigenvalue weighted by molar-refractivity contribution is 9.10. The van der Waals surface area contributed by atoms with Crippen LogP contribution in [0.2, 0.25) is 0 Å². The zero-order chi connectivity index (χ0) is 13.2. The monoisotopic (exact) mass is 327 g/mol. The average Bonchev–Trinajstić information content (AvgIpc) is 2.64. The number of carbonyl (C=O) groups is 1. The summed E-state index contributed by atoms with van der Waals surface area (Å²) >= 11 is 3.47. The third-order valence-electron chi connectivity index (χ3n) is 3.70. The molecule has 0 spiro atoms. The lowest BCUT2D eigenvalue weighted by molar-refractivity contribution is 0.0754. The molecule has 19 heavy (non-hydrogen) atoms. The van der Waals surface area contributed by atoms with Gasteiger partial charge in [0, 0.05) is 26.1 Å². The van der Waals surface area contributed by atoms with E-state index in [0.717, 1.165) is 38.9 Å². The molecule has 1 aromatic heterocycles. The minimum absolute atomic E-state index is 0.0271. The fourth-order valence-electron chi connectivity index (χ4n) is 2.66. The third-order valence-corrected chi connectivity index (χ3v) is 4.41. The minimum Gasteiger partial charge on any atom is -0.477 e. The summed E-state index contributed by atoms with van der Waals surface area (Å²) in [6, 6.07) is 0. The van der Waals surface area contributed by atoms with Crippen LogP contribution in [0.3, 0.4) is 0 Å². The molecule has 3 rings (SSSR count). The van der Waals surface area contributed by atoms with Crippen molar-refractivity contribution in [3.63, 3.8) is 0 Å². The summed E-state index contributed by atoms with van der Waals surface area (Å²) in [4.78, 5) is 14.5. The molecule has 1 amide bonds. The van der Waals surface area contributed by atoms with Gasteiger partial charge in [-0.05, 0) is 28.8 Å².